The van der Waals surface area contributed by atoms with Gasteiger partial charge >= 0.3 is 0 Å². The first-order valence-electron chi connectivity index (χ1n) is 8.82. The third-order valence-corrected chi connectivity index (χ3v) is 4.51. The molecule has 0 aromatic heterocycles. The van der Waals surface area contributed by atoms with Crippen LogP contribution in [0.5, 0.6) is 5.75 Å². The van der Waals surface area contributed by atoms with Crippen molar-refractivity contribution in [3.63, 3.8) is 0 Å². The molecule has 21 heavy (non-hydrogen) atoms. The molecule has 1 aromatic carbocycles. The van der Waals surface area contributed by atoms with Crippen molar-refractivity contribution in [3.05, 3.63) is 29.3 Å². The van der Waals surface area contributed by atoms with Gasteiger partial charge in [-0.15, -0.1) is 0 Å². The Morgan fingerprint density at radius 1 is 1.05 bits per heavy atom. The van der Waals surface area contributed by atoms with Crippen molar-refractivity contribution in [3.8, 4) is 5.75 Å². The molecule has 0 unspecified atom stereocenters. The topological polar surface area (TPSA) is 35.2 Å². The summed E-state index contributed by atoms with van der Waals surface area (Å²) >= 11 is 0. The Morgan fingerprint density at radius 3 is 2.52 bits per heavy atom. The van der Waals surface area contributed by atoms with Crippen LogP contribution < -0.4 is 10.5 Å². The zero-order valence-electron chi connectivity index (χ0n) is 13.6. The van der Waals surface area contributed by atoms with Crippen molar-refractivity contribution < 1.29 is 4.74 Å². The molecule has 2 N–H and O–H groups in total. The lowest BCUT2D eigenvalue weighted by Crippen LogP contribution is -2.05. The number of rotatable bonds is 10. The van der Waals surface area contributed by atoms with Crippen LogP contribution in [0.1, 0.15) is 81.9 Å². The number of ether oxygens (including phenoxy) is 1. The van der Waals surface area contributed by atoms with Gasteiger partial charge in [0.25, 0.3) is 0 Å². The highest BCUT2D eigenvalue weighted by Crippen LogP contribution is 2.31. The predicted octanol–water partition coefficient (Wildman–Crippen LogP) is 5.15. The number of nitrogens with two attached hydrogens (primary N) is 1. The first-order chi connectivity index (χ1) is 10.3. The van der Waals surface area contributed by atoms with Crippen molar-refractivity contribution in [2.24, 2.45) is 5.73 Å². The van der Waals surface area contributed by atoms with Gasteiger partial charge in [-0.2, -0.15) is 0 Å². The van der Waals surface area contributed by atoms with Gasteiger partial charge in [0, 0.05) is 6.04 Å². The molecule has 2 nitrogen and oxygen atoms in total. The molecule has 118 valence electrons. The van der Waals surface area contributed by atoms with Gasteiger partial charge in [0.2, 0.25) is 0 Å². The van der Waals surface area contributed by atoms with Crippen molar-refractivity contribution in [2.45, 2.75) is 77.2 Å². The van der Waals surface area contributed by atoms with Crippen LogP contribution in [-0.4, -0.2) is 6.61 Å². The maximum Gasteiger partial charge on any atom is 0.119 e. The third kappa shape index (κ3) is 5.35. The molecule has 0 heterocycles. The normalized spacial score (nSPS) is 17.0. The molecule has 1 aromatic rings. The van der Waals surface area contributed by atoms with E-state index in [1.54, 1.807) is 0 Å². The summed E-state index contributed by atoms with van der Waals surface area (Å²) in [5.74, 6) is 1.02. The number of benzene rings is 1. The van der Waals surface area contributed by atoms with Gasteiger partial charge in [0.1, 0.15) is 5.75 Å². The monoisotopic (exact) mass is 289 g/mol. The number of hydrogen-bond acceptors (Lipinski definition) is 2. The number of aryl methyl sites for hydroxylation is 1. The Balaban J connectivity index is 1.55. The average molecular weight is 289 g/mol. The van der Waals surface area contributed by atoms with E-state index in [2.05, 4.69) is 25.1 Å². The van der Waals surface area contributed by atoms with Crippen molar-refractivity contribution in [1.82, 2.24) is 0 Å². The van der Waals surface area contributed by atoms with Gasteiger partial charge < -0.3 is 10.5 Å². The highest BCUT2D eigenvalue weighted by atomic mass is 16.5. The molecule has 0 bridgehead atoms. The van der Waals surface area contributed by atoms with Crippen LogP contribution in [0.2, 0.25) is 0 Å². The minimum absolute atomic E-state index is 0.238. The van der Waals surface area contributed by atoms with E-state index in [1.807, 2.05) is 0 Å². The van der Waals surface area contributed by atoms with Crippen molar-refractivity contribution in [2.75, 3.05) is 6.61 Å². The molecule has 1 aliphatic carbocycles. The Morgan fingerprint density at radius 2 is 1.76 bits per heavy atom. The van der Waals surface area contributed by atoms with Gasteiger partial charge in [-0.05, 0) is 42.5 Å². The smallest absolute Gasteiger partial charge is 0.119 e. The maximum absolute atomic E-state index is 6.05. The average Bonchev–Trinajstić information content (AvgIpc) is 2.86. The summed E-state index contributed by atoms with van der Waals surface area (Å²) in [6, 6.07) is 6.65. The lowest BCUT2D eigenvalue weighted by atomic mass is 10.1. The first kappa shape index (κ1) is 16.4. The molecule has 0 radical (unpaired) electrons. The van der Waals surface area contributed by atoms with Gasteiger partial charge in [-0.1, -0.05) is 57.9 Å². The highest BCUT2D eigenvalue weighted by molar-refractivity contribution is 5.40. The molecular formula is C19H31NO. The van der Waals surface area contributed by atoms with E-state index in [0.29, 0.717) is 0 Å². The van der Waals surface area contributed by atoms with E-state index in [4.69, 9.17) is 10.5 Å². The summed E-state index contributed by atoms with van der Waals surface area (Å²) in [7, 11) is 0. The summed E-state index contributed by atoms with van der Waals surface area (Å²) in [5, 5.41) is 0. The fraction of sp³-hybridized carbons (Fsp3) is 0.684. The Hall–Kier alpha value is -1.02. The largest absolute Gasteiger partial charge is 0.494 e. The fourth-order valence-corrected chi connectivity index (χ4v) is 3.14. The second kappa shape index (κ2) is 9.09. The summed E-state index contributed by atoms with van der Waals surface area (Å²) in [6.07, 6.45) is 12.9. The second-order valence-electron chi connectivity index (χ2n) is 6.33. The Bertz CT molecular complexity index is 416. The van der Waals surface area contributed by atoms with E-state index < -0.39 is 0 Å². The second-order valence-corrected chi connectivity index (χ2v) is 6.33. The fourth-order valence-electron chi connectivity index (χ4n) is 3.14. The van der Waals surface area contributed by atoms with E-state index in [-0.39, 0.29) is 6.04 Å². The van der Waals surface area contributed by atoms with Gasteiger partial charge in [0.05, 0.1) is 6.61 Å². The summed E-state index contributed by atoms with van der Waals surface area (Å²) < 4.78 is 5.87. The number of unbranched alkanes of at least 4 members (excludes halogenated alkanes) is 7. The number of fused-ring (bicyclic) bond motifs is 1. The first-order valence-corrected chi connectivity index (χ1v) is 8.82. The molecular weight excluding hydrogens is 258 g/mol. The SMILES string of the molecule is CCCCCCCCCCOc1ccc2c(c1)CC[C@@H]2N. The Labute approximate surface area is 130 Å². The van der Waals surface area contributed by atoms with Crippen LogP contribution in [0.4, 0.5) is 0 Å². The molecule has 0 saturated carbocycles. The van der Waals surface area contributed by atoms with E-state index in [0.717, 1.165) is 25.2 Å². The zero-order chi connectivity index (χ0) is 14.9. The van der Waals surface area contributed by atoms with Crippen LogP contribution in [0.3, 0.4) is 0 Å². The third-order valence-electron chi connectivity index (χ3n) is 4.51. The van der Waals surface area contributed by atoms with Gasteiger partial charge in [0.15, 0.2) is 0 Å². The molecule has 0 amide bonds. The molecule has 0 spiro atoms. The molecule has 0 saturated heterocycles. The molecule has 1 atom stereocenters. The van der Waals surface area contributed by atoms with Crippen LogP contribution in [0.25, 0.3) is 0 Å². The van der Waals surface area contributed by atoms with E-state index >= 15 is 0 Å². The molecule has 0 fully saturated rings. The van der Waals surface area contributed by atoms with E-state index in [1.165, 1.54) is 62.5 Å². The lowest BCUT2D eigenvalue weighted by molar-refractivity contribution is 0.304. The standard InChI is InChI=1S/C19H31NO/c1-2-3-4-5-6-7-8-9-14-21-17-11-12-18-16(15-17)10-13-19(18)20/h11-12,15,19H,2-10,13-14,20H2,1H3/t19-/m0/s1. The molecule has 2 rings (SSSR count). The zero-order valence-corrected chi connectivity index (χ0v) is 13.6. The lowest BCUT2D eigenvalue weighted by Gasteiger charge is -2.09. The number of hydrogen-bond donors (Lipinski definition) is 1. The molecule has 0 aliphatic heterocycles. The van der Waals surface area contributed by atoms with Crippen LogP contribution in [-0.2, 0) is 6.42 Å². The summed E-state index contributed by atoms with van der Waals surface area (Å²) in [5.41, 5.74) is 8.75. The quantitative estimate of drug-likeness (QED) is 0.604. The van der Waals surface area contributed by atoms with Crippen molar-refractivity contribution in [1.29, 1.82) is 0 Å². The molecule has 2 heteroatoms. The molecule has 1 aliphatic rings. The maximum atomic E-state index is 6.05. The van der Waals surface area contributed by atoms with Crippen LogP contribution in [0, 0.1) is 0 Å². The summed E-state index contributed by atoms with van der Waals surface area (Å²) in [4.78, 5) is 0. The summed E-state index contributed by atoms with van der Waals surface area (Å²) in [6.45, 7) is 3.11. The minimum atomic E-state index is 0.238. The highest BCUT2D eigenvalue weighted by Gasteiger charge is 2.18. The van der Waals surface area contributed by atoms with Crippen LogP contribution in [0.15, 0.2) is 18.2 Å². The van der Waals surface area contributed by atoms with Crippen molar-refractivity contribution >= 4 is 0 Å². The predicted molar refractivity (Wildman–Crippen MR) is 89.8 cm³/mol. The minimum Gasteiger partial charge on any atom is -0.494 e. The van der Waals surface area contributed by atoms with Gasteiger partial charge in [-0.25, -0.2) is 0 Å². The van der Waals surface area contributed by atoms with E-state index in [9.17, 15) is 0 Å². The van der Waals surface area contributed by atoms with Gasteiger partial charge in [-0.3, -0.25) is 0 Å². The Kier molecular flexibility index (Phi) is 7.08. The van der Waals surface area contributed by atoms with Crippen LogP contribution >= 0.6 is 0 Å².